The maximum absolute atomic E-state index is 2.64. The van der Waals surface area contributed by atoms with E-state index in [1.54, 1.807) is 0 Å². The Bertz CT molecular complexity index is 205. The van der Waals surface area contributed by atoms with Crippen LogP contribution < -0.4 is 0 Å². The van der Waals surface area contributed by atoms with Gasteiger partial charge in [-0.25, -0.2) is 0 Å². The van der Waals surface area contributed by atoms with Gasteiger partial charge in [0.15, 0.2) is 0 Å². The molecule has 0 aromatic heterocycles. The molecule has 17 heavy (non-hydrogen) atoms. The first-order valence-corrected chi connectivity index (χ1v) is 7.62. The molecule has 0 saturated carbocycles. The molecule has 1 spiro atoms. The van der Waals surface area contributed by atoms with Gasteiger partial charge in [-0.2, -0.15) is 0 Å². The van der Waals surface area contributed by atoms with Gasteiger partial charge in [-0.05, 0) is 64.7 Å². The van der Waals surface area contributed by atoms with E-state index in [-0.39, 0.29) is 0 Å². The summed E-state index contributed by atoms with van der Waals surface area (Å²) in [5, 5.41) is 0. The van der Waals surface area contributed by atoms with Crippen LogP contribution in [-0.2, 0) is 0 Å². The third-order valence-corrected chi connectivity index (χ3v) is 4.55. The predicted molar refractivity (Wildman–Crippen MR) is 76.5 cm³/mol. The van der Waals surface area contributed by atoms with E-state index in [1.807, 2.05) is 13.8 Å². The summed E-state index contributed by atoms with van der Waals surface area (Å²) < 4.78 is 0. The van der Waals surface area contributed by atoms with Gasteiger partial charge in [-0.15, -0.1) is 0 Å². The Labute approximate surface area is 108 Å². The minimum Gasteiger partial charge on any atom is -0.303 e. The molecular formula is C15H32N2. The molecule has 2 heteroatoms. The van der Waals surface area contributed by atoms with Crippen molar-refractivity contribution in [3.8, 4) is 0 Å². The number of hydrogen-bond donors (Lipinski definition) is 0. The highest BCUT2D eigenvalue weighted by atomic mass is 15.2. The van der Waals surface area contributed by atoms with E-state index in [4.69, 9.17) is 0 Å². The van der Waals surface area contributed by atoms with Gasteiger partial charge >= 0.3 is 0 Å². The minimum atomic E-state index is 0.696. The lowest BCUT2D eigenvalue weighted by Crippen LogP contribution is -2.44. The van der Waals surface area contributed by atoms with Gasteiger partial charge in [-0.1, -0.05) is 20.8 Å². The molecule has 102 valence electrons. The molecule has 2 fully saturated rings. The van der Waals surface area contributed by atoms with E-state index in [2.05, 4.69) is 30.6 Å². The molecule has 0 aliphatic carbocycles. The van der Waals surface area contributed by atoms with Crippen LogP contribution in [-0.4, -0.2) is 48.6 Å². The molecule has 0 aromatic carbocycles. The maximum atomic E-state index is 2.64. The highest BCUT2D eigenvalue weighted by molar-refractivity contribution is 4.93. The highest BCUT2D eigenvalue weighted by Crippen LogP contribution is 2.40. The Morgan fingerprint density at radius 1 is 1.00 bits per heavy atom. The van der Waals surface area contributed by atoms with Crippen molar-refractivity contribution in [2.75, 3.05) is 32.7 Å². The first-order valence-electron chi connectivity index (χ1n) is 7.62. The Morgan fingerprint density at radius 2 is 1.53 bits per heavy atom. The van der Waals surface area contributed by atoms with Crippen molar-refractivity contribution < 1.29 is 0 Å². The van der Waals surface area contributed by atoms with Gasteiger partial charge in [-0.3, -0.25) is 0 Å². The van der Waals surface area contributed by atoms with Crippen LogP contribution in [0.15, 0.2) is 0 Å². The Balaban J connectivity index is 0.000000686. The lowest BCUT2D eigenvalue weighted by Gasteiger charge is -2.41. The summed E-state index contributed by atoms with van der Waals surface area (Å²) in [6, 6.07) is 0.742. The number of hydrogen-bond acceptors (Lipinski definition) is 2. The molecule has 0 aromatic rings. The fourth-order valence-corrected chi connectivity index (χ4v) is 3.22. The van der Waals surface area contributed by atoms with E-state index in [9.17, 15) is 0 Å². The summed E-state index contributed by atoms with van der Waals surface area (Å²) in [7, 11) is 0. The van der Waals surface area contributed by atoms with Crippen molar-refractivity contribution in [1.29, 1.82) is 0 Å². The van der Waals surface area contributed by atoms with E-state index < -0.39 is 0 Å². The smallest absolute Gasteiger partial charge is 0.00393 e. The van der Waals surface area contributed by atoms with E-state index >= 15 is 0 Å². The van der Waals surface area contributed by atoms with E-state index in [1.165, 1.54) is 52.0 Å². The molecule has 2 saturated heterocycles. The molecular weight excluding hydrogens is 208 g/mol. The third kappa shape index (κ3) is 3.69. The predicted octanol–water partition coefficient (Wildman–Crippen LogP) is 3.23. The molecule has 2 nitrogen and oxygen atoms in total. The third-order valence-electron chi connectivity index (χ3n) is 4.55. The summed E-state index contributed by atoms with van der Waals surface area (Å²) >= 11 is 0. The maximum Gasteiger partial charge on any atom is 0.00393 e. The molecule has 0 N–H and O–H groups in total. The normalized spacial score (nSPS) is 25.1. The Hall–Kier alpha value is -0.0800. The molecule has 2 aliphatic rings. The Morgan fingerprint density at radius 3 is 1.94 bits per heavy atom. The number of likely N-dealkylation sites (tertiary alicyclic amines) is 2. The van der Waals surface area contributed by atoms with Gasteiger partial charge in [0.2, 0.25) is 0 Å². The van der Waals surface area contributed by atoms with Crippen LogP contribution in [0.1, 0.15) is 53.9 Å². The average Bonchev–Trinajstić information content (AvgIpc) is 2.76. The SMILES string of the molecule is CC.CCN1CCC2(CCN(C(C)C)CC2)C1. The summed E-state index contributed by atoms with van der Waals surface area (Å²) in [5.41, 5.74) is 0.696. The summed E-state index contributed by atoms with van der Waals surface area (Å²) in [5.74, 6) is 0. The van der Waals surface area contributed by atoms with Gasteiger partial charge in [0, 0.05) is 12.6 Å². The quantitative estimate of drug-likeness (QED) is 0.731. The minimum absolute atomic E-state index is 0.696. The summed E-state index contributed by atoms with van der Waals surface area (Å²) in [6.45, 7) is 17.6. The van der Waals surface area contributed by atoms with Crippen molar-refractivity contribution in [2.45, 2.75) is 59.9 Å². The van der Waals surface area contributed by atoms with Crippen molar-refractivity contribution in [2.24, 2.45) is 5.41 Å². The summed E-state index contributed by atoms with van der Waals surface area (Å²) in [4.78, 5) is 5.27. The molecule has 0 unspecified atom stereocenters. The lowest BCUT2D eigenvalue weighted by atomic mass is 9.77. The number of rotatable bonds is 2. The first-order chi connectivity index (χ1) is 8.15. The van der Waals surface area contributed by atoms with E-state index in [0.717, 1.165) is 6.04 Å². The zero-order valence-electron chi connectivity index (χ0n) is 12.6. The summed E-state index contributed by atoms with van der Waals surface area (Å²) in [6.07, 6.45) is 4.32. The van der Waals surface area contributed by atoms with Crippen LogP contribution in [0.5, 0.6) is 0 Å². The lowest BCUT2D eigenvalue weighted by molar-refractivity contribution is 0.0875. The Kier molecular flexibility index (Phi) is 5.94. The van der Waals surface area contributed by atoms with Crippen LogP contribution in [0.3, 0.4) is 0 Å². The molecule has 0 radical (unpaired) electrons. The van der Waals surface area contributed by atoms with Crippen LogP contribution in [0.4, 0.5) is 0 Å². The topological polar surface area (TPSA) is 6.48 Å². The standard InChI is InChI=1S/C13H26N2.C2H6/c1-4-14-8-5-13(11-14)6-9-15(10-7-13)12(2)3;1-2/h12H,4-11H2,1-3H3;1-2H3. The van der Waals surface area contributed by atoms with Gasteiger partial charge in [0.05, 0.1) is 0 Å². The second-order valence-electron chi connectivity index (χ2n) is 5.75. The van der Waals surface area contributed by atoms with Crippen LogP contribution >= 0.6 is 0 Å². The second-order valence-corrected chi connectivity index (χ2v) is 5.75. The molecule has 2 rings (SSSR count). The molecule has 2 aliphatic heterocycles. The van der Waals surface area contributed by atoms with Crippen LogP contribution in [0.25, 0.3) is 0 Å². The monoisotopic (exact) mass is 240 g/mol. The number of piperidine rings is 1. The molecule has 0 amide bonds. The molecule has 0 bridgehead atoms. The largest absolute Gasteiger partial charge is 0.303 e. The molecule has 2 heterocycles. The highest BCUT2D eigenvalue weighted by Gasteiger charge is 2.40. The second kappa shape index (κ2) is 6.75. The van der Waals surface area contributed by atoms with Gasteiger partial charge in [0.1, 0.15) is 0 Å². The van der Waals surface area contributed by atoms with Crippen molar-refractivity contribution in [3.63, 3.8) is 0 Å². The fraction of sp³-hybridized carbons (Fsp3) is 1.00. The fourth-order valence-electron chi connectivity index (χ4n) is 3.22. The van der Waals surface area contributed by atoms with Crippen molar-refractivity contribution in [1.82, 2.24) is 9.80 Å². The zero-order valence-corrected chi connectivity index (χ0v) is 12.6. The average molecular weight is 240 g/mol. The van der Waals surface area contributed by atoms with E-state index in [0.29, 0.717) is 5.41 Å². The molecule has 0 atom stereocenters. The number of nitrogens with zero attached hydrogens (tertiary/aromatic N) is 2. The van der Waals surface area contributed by atoms with Gasteiger partial charge < -0.3 is 9.80 Å². The van der Waals surface area contributed by atoms with Crippen molar-refractivity contribution in [3.05, 3.63) is 0 Å². The van der Waals surface area contributed by atoms with Gasteiger partial charge in [0.25, 0.3) is 0 Å². The zero-order chi connectivity index (χ0) is 12.9. The first kappa shape index (κ1) is 15.0. The van der Waals surface area contributed by atoms with Crippen molar-refractivity contribution >= 4 is 0 Å². The van der Waals surface area contributed by atoms with Crippen LogP contribution in [0.2, 0.25) is 0 Å². The van der Waals surface area contributed by atoms with Crippen LogP contribution in [0, 0.1) is 5.41 Å².